The zero-order valence-corrected chi connectivity index (χ0v) is 11.0. The van der Waals surface area contributed by atoms with Gasteiger partial charge in [-0.25, -0.2) is 0 Å². The van der Waals surface area contributed by atoms with E-state index in [9.17, 15) is 9.59 Å². The molecular weight excluding hydrogens is 297 g/mol. The number of ether oxygens (including phenoxy) is 1. The van der Waals surface area contributed by atoms with Crippen molar-refractivity contribution in [3.63, 3.8) is 0 Å². The second-order valence-corrected chi connectivity index (χ2v) is 4.68. The van der Waals surface area contributed by atoms with Crippen molar-refractivity contribution < 1.29 is 19.4 Å². The van der Waals surface area contributed by atoms with Gasteiger partial charge in [-0.15, -0.1) is 10.2 Å². The van der Waals surface area contributed by atoms with Gasteiger partial charge in [0.2, 0.25) is 0 Å². The van der Waals surface area contributed by atoms with Gasteiger partial charge in [0.15, 0.2) is 10.3 Å². The number of carboxylic acids is 1. The number of carbonyl (C=O) groups is 2. The third-order valence-corrected chi connectivity index (χ3v) is 3.14. The summed E-state index contributed by atoms with van der Waals surface area (Å²) in [6, 6.07) is 0.644. The first-order valence-electron chi connectivity index (χ1n) is 5.29. The second-order valence-electron chi connectivity index (χ2n) is 3.93. The molecule has 2 N–H and O–H groups in total. The number of carboxylic acid groups (broad SMARTS) is 1. The molecule has 1 saturated heterocycles. The summed E-state index contributed by atoms with van der Waals surface area (Å²) in [6.07, 6.45) is 0. The van der Waals surface area contributed by atoms with E-state index in [4.69, 9.17) is 33.0 Å². The Labute approximate surface area is 117 Å². The third kappa shape index (κ3) is 3.12. The third-order valence-electron chi connectivity index (χ3n) is 2.68. The Balaban J connectivity index is 2.12. The fraction of sp³-hybridized carbons (Fsp3) is 0.400. The molecule has 9 heteroatoms. The Morgan fingerprint density at radius 1 is 1.37 bits per heavy atom. The van der Waals surface area contributed by atoms with Gasteiger partial charge in [0.25, 0.3) is 5.91 Å². The predicted octanol–water partition coefficient (Wildman–Crippen LogP) is 0.613. The zero-order chi connectivity index (χ0) is 14.0. The molecule has 0 spiro atoms. The second kappa shape index (κ2) is 5.68. The molecule has 102 valence electrons. The molecule has 1 fully saturated rings. The SMILES string of the molecule is O=C(NC1COCC1C(=O)O)c1cc(Cl)nnc1Cl. The number of aliphatic carboxylic acids is 1. The smallest absolute Gasteiger partial charge is 0.311 e. The molecule has 0 saturated carbocycles. The van der Waals surface area contributed by atoms with Gasteiger partial charge < -0.3 is 15.2 Å². The molecule has 0 aliphatic carbocycles. The quantitative estimate of drug-likeness (QED) is 0.848. The van der Waals surface area contributed by atoms with Crippen molar-refractivity contribution in [2.45, 2.75) is 6.04 Å². The van der Waals surface area contributed by atoms with E-state index >= 15 is 0 Å². The predicted molar refractivity (Wildman–Crippen MR) is 65.3 cm³/mol. The maximum Gasteiger partial charge on any atom is 0.311 e. The largest absolute Gasteiger partial charge is 0.481 e. The van der Waals surface area contributed by atoms with Crippen LogP contribution in [-0.4, -0.2) is 46.4 Å². The molecule has 19 heavy (non-hydrogen) atoms. The fourth-order valence-electron chi connectivity index (χ4n) is 1.70. The molecule has 2 unspecified atom stereocenters. The molecule has 2 rings (SSSR count). The van der Waals surface area contributed by atoms with E-state index in [1.165, 1.54) is 6.07 Å². The first kappa shape index (κ1) is 14.0. The summed E-state index contributed by atoms with van der Waals surface area (Å²) < 4.78 is 5.04. The van der Waals surface area contributed by atoms with Gasteiger partial charge in [0, 0.05) is 0 Å². The Kier molecular flexibility index (Phi) is 4.18. The first-order valence-corrected chi connectivity index (χ1v) is 6.04. The van der Waals surface area contributed by atoms with Crippen LogP contribution >= 0.6 is 23.2 Å². The lowest BCUT2D eigenvalue weighted by Crippen LogP contribution is -2.42. The topological polar surface area (TPSA) is 101 Å². The number of halogens is 2. The standard InChI is InChI=1S/C10H9Cl2N3O4/c11-7-1-4(8(12)15-14-7)9(16)13-6-3-19-2-5(6)10(17)18/h1,5-6H,2-3H2,(H,13,16)(H,17,18). The molecule has 1 aliphatic heterocycles. The lowest BCUT2D eigenvalue weighted by atomic mass is 10.0. The van der Waals surface area contributed by atoms with Gasteiger partial charge in [0.05, 0.1) is 24.8 Å². The number of nitrogens with zero attached hydrogens (tertiary/aromatic N) is 2. The molecule has 1 aliphatic rings. The summed E-state index contributed by atoms with van der Waals surface area (Å²) in [5.74, 6) is -2.38. The minimum Gasteiger partial charge on any atom is -0.481 e. The highest BCUT2D eigenvalue weighted by Crippen LogP contribution is 2.18. The number of hydrogen-bond acceptors (Lipinski definition) is 5. The van der Waals surface area contributed by atoms with Crippen LogP contribution in [0.25, 0.3) is 0 Å². The molecule has 7 nitrogen and oxygen atoms in total. The summed E-state index contributed by atoms with van der Waals surface area (Å²) in [7, 11) is 0. The zero-order valence-electron chi connectivity index (χ0n) is 9.47. The highest BCUT2D eigenvalue weighted by molar-refractivity contribution is 6.34. The molecule has 0 radical (unpaired) electrons. The van der Waals surface area contributed by atoms with E-state index in [-0.39, 0.29) is 29.1 Å². The molecule has 0 bridgehead atoms. The highest BCUT2D eigenvalue weighted by Gasteiger charge is 2.35. The monoisotopic (exact) mass is 305 g/mol. The normalized spacial score (nSPS) is 22.2. The number of amides is 1. The minimum atomic E-state index is -1.03. The maximum absolute atomic E-state index is 12.0. The maximum atomic E-state index is 12.0. The number of nitrogens with one attached hydrogen (secondary N) is 1. The number of aromatic nitrogens is 2. The molecule has 2 atom stereocenters. The van der Waals surface area contributed by atoms with Crippen molar-refractivity contribution >= 4 is 35.1 Å². The Hall–Kier alpha value is -1.44. The van der Waals surface area contributed by atoms with Crippen LogP contribution in [0.4, 0.5) is 0 Å². The number of hydrogen-bond donors (Lipinski definition) is 2. The van der Waals surface area contributed by atoms with Crippen LogP contribution < -0.4 is 5.32 Å². The summed E-state index contributed by atoms with van der Waals surface area (Å²) >= 11 is 11.4. The Morgan fingerprint density at radius 3 is 2.79 bits per heavy atom. The van der Waals surface area contributed by atoms with Gasteiger partial charge in [-0.1, -0.05) is 23.2 Å². The lowest BCUT2D eigenvalue weighted by Gasteiger charge is -2.15. The summed E-state index contributed by atoms with van der Waals surface area (Å²) in [5.41, 5.74) is 0.0395. The van der Waals surface area contributed by atoms with E-state index in [1.54, 1.807) is 0 Å². The van der Waals surface area contributed by atoms with Crippen LogP contribution in [0.3, 0.4) is 0 Å². The average Bonchev–Trinajstić information content (AvgIpc) is 2.80. The van der Waals surface area contributed by atoms with Crippen LogP contribution in [0, 0.1) is 5.92 Å². The van der Waals surface area contributed by atoms with Crippen LogP contribution in [0.5, 0.6) is 0 Å². The van der Waals surface area contributed by atoms with E-state index in [0.717, 1.165) is 0 Å². The first-order chi connectivity index (χ1) is 8.99. The minimum absolute atomic E-state index is 0.0204. The molecule has 1 amide bonds. The summed E-state index contributed by atoms with van der Waals surface area (Å²) in [6.45, 7) is 0.190. The highest BCUT2D eigenvalue weighted by atomic mass is 35.5. The Bertz CT molecular complexity index is 525. The van der Waals surface area contributed by atoms with Crippen LogP contribution in [-0.2, 0) is 9.53 Å². The van der Waals surface area contributed by atoms with Gasteiger partial charge in [0.1, 0.15) is 5.92 Å². The van der Waals surface area contributed by atoms with Crippen molar-refractivity contribution in [1.29, 1.82) is 0 Å². The molecule has 1 aromatic rings. The van der Waals surface area contributed by atoms with Crippen molar-refractivity contribution in [3.8, 4) is 0 Å². The number of carbonyl (C=O) groups excluding carboxylic acids is 1. The summed E-state index contributed by atoms with van der Waals surface area (Å²) in [5, 5.41) is 18.4. The van der Waals surface area contributed by atoms with Crippen molar-refractivity contribution in [2.24, 2.45) is 5.92 Å². The van der Waals surface area contributed by atoms with Crippen molar-refractivity contribution in [1.82, 2.24) is 15.5 Å². The molecular formula is C10H9Cl2N3O4. The van der Waals surface area contributed by atoms with E-state index in [0.29, 0.717) is 0 Å². The van der Waals surface area contributed by atoms with Crippen LogP contribution in [0.15, 0.2) is 6.07 Å². The Morgan fingerprint density at radius 2 is 2.11 bits per heavy atom. The van der Waals surface area contributed by atoms with Gasteiger partial charge in [-0.05, 0) is 6.07 Å². The van der Waals surface area contributed by atoms with E-state index in [2.05, 4.69) is 15.5 Å². The van der Waals surface area contributed by atoms with Crippen LogP contribution in [0.1, 0.15) is 10.4 Å². The molecule has 2 heterocycles. The molecule has 1 aromatic heterocycles. The average molecular weight is 306 g/mol. The lowest BCUT2D eigenvalue weighted by molar-refractivity contribution is -0.142. The van der Waals surface area contributed by atoms with E-state index < -0.39 is 23.8 Å². The summed E-state index contributed by atoms with van der Waals surface area (Å²) in [4.78, 5) is 22.9. The fourth-order valence-corrected chi connectivity index (χ4v) is 2.02. The van der Waals surface area contributed by atoms with Gasteiger partial charge in [-0.2, -0.15) is 0 Å². The van der Waals surface area contributed by atoms with Crippen LogP contribution in [0.2, 0.25) is 10.3 Å². The van der Waals surface area contributed by atoms with Crippen molar-refractivity contribution in [2.75, 3.05) is 13.2 Å². The molecule has 0 aromatic carbocycles. The van der Waals surface area contributed by atoms with Crippen molar-refractivity contribution in [3.05, 3.63) is 21.9 Å². The number of rotatable bonds is 3. The van der Waals surface area contributed by atoms with E-state index in [1.807, 2.05) is 0 Å². The van der Waals surface area contributed by atoms with Gasteiger partial charge >= 0.3 is 5.97 Å². The van der Waals surface area contributed by atoms with Gasteiger partial charge in [-0.3, -0.25) is 9.59 Å².